The molecule has 0 saturated carbocycles. The number of likely N-dealkylation sites (N-methyl/N-ethyl adjacent to an activating group) is 2. The first kappa shape index (κ1) is 12.5. The van der Waals surface area contributed by atoms with Gasteiger partial charge in [-0.1, -0.05) is 12.1 Å². The van der Waals surface area contributed by atoms with Crippen LogP contribution in [0.4, 0.5) is 0 Å². The summed E-state index contributed by atoms with van der Waals surface area (Å²) < 4.78 is 7.67. The molecule has 2 heterocycles. The number of hydrogen-bond acceptors (Lipinski definition) is 5. The van der Waals surface area contributed by atoms with Crippen molar-refractivity contribution in [3.8, 4) is 0 Å². The minimum Gasteiger partial charge on any atom is -0.374 e. The Labute approximate surface area is 102 Å². The molecule has 1 aromatic rings. The Morgan fingerprint density at radius 1 is 1.65 bits per heavy atom. The number of hydrogen-bond donors (Lipinski definition) is 1. The maximum Gasteiger partial charge on any atom is 0.0912 e. The molecule has 2 atom stereocenters. The smallest absolute Gasteiger partial charge is 0.0912 e. The monoisotopic (exact) mass is 239 g/mol. The third kappa shape index (κ3) is 2.65. The van der Waals surface area contributed by atoms with Gasteiger partial charge in [0.2, 0.25) is 0 Å². The maximum absolute atomic E-state index is 5.87. The van der Waals surface area contributed by atoms with Crippen LogP contribution in [0.15, 0.2) is 6.20 Å². The van der Waals surface area contributed by atoms with E-state index in [-0.39, 0.29) is 12.1 Å². The van der Waals surface area contributed by atoms with Crippen molar-refractivity contribution in [3.63, 3.8) is 0 Å². The number of ether oxygens (including phenoxy) is 1. The van der Waals surface area contributed by atoms with Crippen molar-refractivity contribution < 1.29 is 4.74 Å². The standard InChI is InChI=1S/C11H21N5O/c1-4-16-5-6-17-10(8-16)11(12-2)9-7-13-14-15(9)3/h7,10-12H,4-6,8H2,1-3H3. The van der Waals surface area contributed by atoms with Crippen LogP contribution >= 0.6 is 0 Å². The number of aryl methyl sites for hydroxylation is 1. The molecule has 2 unspecified atom stereocenters. The molecule has 1 aromatic heterocycles. The molecule has 0 aliphatic carbocycles. The van der Waals surface area contributed by atoms with Crippen LogP contribution in [0.2, 0.25) is 0 Å². The van der Waals surface area contributed by atoms with Crippen LogP contribution in [0.1, 0.15) is 18.7 Å². The number of nitrogens with one attached hydrogen (secondary N) is 1. The zero-order valence-electron chi connectivity index (χ0n) is 10.8. The van der Waals surface area contributed by atoms with Crippen molar-refractivity contribution in [3.05, 3.63) is 11.9 Å². The van der Waals surface area contributed by atoms with E-state index in [0.717, 1.165) is 31.9 Å². The molecular formula is C11H21N5O. The molecule has 0 amide bonds. The summed E-state index contributed by atoms with van der Waals surface area (Å²) in [7, 11) is 3.86. The first-order chi connectivity index (χ1) is 8.26. The van der Waals surface area contributed by atoms with E-state index in [0.29, 0.717) is 0 Å². The summed E-state index contributed by atoms with van der Waals surface area (Å²) in [6.45, 7) is 6.02. The highest BCUT2D eigenvalue weighted by atomic mass is 16.5. The summed E-state index contributed by atoms with van der Waals surface area (Å²) in [6, 6.07) is 0.143. The summed E-state index contributed by atoms with van der Waals surface area (Å²) in [5.74, 6) is 0. The molecular weight excluding hydrogens is 218 g/mol. The summed E-state index contributed by atoms with van der Waals surface area (Å²) in [6.07, 6.45) is 1.96. The molecule has 0 radical (unpaired) electrons. The predicted octanol–water partition coefficient (Wildman–Crippen LogP) is -0.204. The van der Waals surface area contributed by atoms with Crippen LogP contribution in [0.5, 0.6) is 0 Å². The first-order valence-electron chi connectivity index (χ1n) is 6.12. The summed E-state index contributed by atoms with van der Waals surface area (Å²) >= 11 is 0. The Kier molecular flexibility index (Phi) is 4.09. The van der Waals surface area contributed by atoms with Crippen molar-refractivity contribution >= 4 is 0 Å². The second-order valence-corrected chi connectivity index (χ2v) is 4.35. The molecule has 6 nitrogen and oxygen atoms in total. The van der Waals surface area contributed by atoms with E-state index in [1.54, 1.807) is 10.9 Å². The average Bonchev–Trinajstić information content (AvgIpc) is 2.77. The lowest BCUT2D eigenvalue weighted by Gasteiger charge is -2.36. The normalized spacial score (nSPS) is 23.8. The topological polar surface area (TPSA) is 55.2 Å². The minimum absolute atomic E-state index is 0.143. The van der Waals surface area contributed by atoms with E-state index in [9.17, 15) is 0 Å². The summed E-state index contributed by atoms with van der Waals surface area (Å²) in [5.41, 5.74) is 1.07. The molecule has 2 rings (SSSR count). The number of aromatic nitrogens is 3. The van der Waals surface area contributed by atoms with Gasteiger partial charge in [0, 0.05) is 20.1 Å². The number of nitrogens with zero attached hydrogens (tertiary/aromatic N) is 4. The van der Waals surface area contributed by atoms with Crippen molar-refractivity contribution in [1.82, 2.24) is 25.2 Å². The van der Waals surface area contributed by atoms with Gasteiger partial charge in [-0.3, -0.25) is 9.58 Å². The summed E-state index contributed by atoms with van der Waals surface area (Å²) in [5, 5.41) is 11.2. The van der Waals surface area contributed by atoms with E-state index in [4.69, 9.17) is 4.74 Å². The molecule has 0 spiro atoms. The van der Waals surface area contributed by atoms with Crippen LogP contribution in [-0.2, 0) is 11.8 Å². The largest absolute Gasteiger partial charge is 0.374 e. The fraction of sp³-hybridized carbons (Fsp3) is 0.818. The maximum atomic E-state index is 5.87. The van der Waals surface area contributed by atoms with Gasteiger partial charge in [0.1, 0.15) is 0 Å². The molecule has 17 heavy (non-hydrogen) atoms. The van der Waals surface area contributed by atoms with Crippen LogP contribution in [0.25, 0.3) is 0 Å². The lowest BCUT2D eigenvalue weighted by Crippen LogP contribution is -2.47. The first-order valence-corrected chi connectivity index (χ1v) is 6.12. The Morgan fingerprint density at radius 3 is 3.06 bits per heavy atom. The number of morpholine rings is 1. The van der Waals surface area contributed by atoms with E-state index in [2.05, 4.69) is 27.5 Å². The van der Waals surface area contributed by atoms with Crippen molar-refractivity contribution in [2.75, 3.05) is 33.3 Å². The van der Waals surface area contributed by atoms with Gasteiger partial charge < -0.3 is 10.1 Å². The molecule has 6 heteroatoms. The fourth-order valence-electron chi connectivity index (χ4n) is 2.32. The fourth-order valence-corrected chi connectivity index (χ4v) is 2.32. The lowest BCUT2D eigenvalue weighted by molar-refractivity contribution is -0.0456. The van der Waals surface area contributed by atoms with Crippen LogP contribution < -0.4 is 5.32 Å². The third-order valence-corrected chi connectivity index (χ3v) is 3.38. The quantitative estimate of drug-likeness (QED) is 0.788. The Hall–Kier alpha value is -0.980. The van der Waals surface area contributed by atoms with Gasteiger partial charge in [-0.05, 0) is 13.6 Å². The Bertz CT molecular complexity index is 353. The van der Waals surface area contributed by atoms with Gasteiger partial charge in [-0.2, -0.15) is 0 Å². The van der Waals surface area contributed by atoms with E-state index >= 15 is 0 Å². The SMILES string of the molecule is CCN1CCOC(C(NC)c2cnnn2C)C1. The molecule has 1 N–H and O–H groups in total. The second-order valence-electron chi connectivity index (χ2n) is 4.35. The summed E-state index contributed by atoms with van der Waals surface area (Å²) in [4.78, 5) is 2.41. The highest BCUT2D eigenvalue weighted by molar-refractivity contribution is 5.05. The highest BCUT2D eigenvalue weighted by Gasteiger charge is 2.29. The molecule has 1 fully saturated rings. The predicted molar refractivity (Wildman–Crippen MR) is 64.7 cm³/mol. The minimum atomic E-state index is 0.143. The molecule has 96 valence electrons. The van der Waals surface area contributed by atoms with Crippen molar-refractivity contribution in [1.29, 1.82) is 0 Å². The van der Waals surface area contributed by atoms with Crippen molar-refractivity contribution in [2.45, 2.75) is 19.1 Å². The Morgan fingerprint density at radius 2 is 2.47 bits per heavy atom. The second kappa shape index (κ2) is 5.57. The zero-order chi connectivity index (χ0) is 12.3. The van der Waals surface area contributed by atoms with Gasteiger partial charge in [-0.15, -0.1) is 5.10 Å². The highest BCUT2D eigenvalue weighted by Crippen LogP contribution is 2.20. The third-order valence-electron chi connectivity index (χ3n) is 3.38. The van der Waals surface area contributed by atoms with Gasteiger partial charge >= 0.3 is 0 Å². The number of rotatable bonds is 4. The molecule has 0 aromatic carbocycles. The van der Waals surface area contributed by atoms with Crippen LogP contribution in [0.3, 0.4) is 0 Å². The van der Waals surface area contributed by atoms with Crippen LogP contribution in [-0.4, -0.2) is 59.3 Å². The van der Waals surface area contributed by atoms with Gasteiger partial charge in [0.05, 0.1) is 30.6 Å². The van der Waals surface area contributed by atoms with Gasteiger partial charge in [0.25, 0.3) is 0 Å². The molecule has 1 saturated heterocycles. The van der Waals surface area contributed by atoms with Gasteiger partial charge in [0.15, 0.2) is 0 Å². The van der Waals surface area contributed by atoms with E-state index in [1.165, 1.54) is 0 Å². The van der Waals surface area contributed by atoms with E-state index in [1.807, 2.05) is 14.1 Å². The van der Waals surface area contributed by atoms with Crippen LogP contribution in [0, 0.1) is 0 Å². The molecule has 0 bridgehead atoms. The lowest BCUT2D eigenvalue weighted by atomic mass is 10.1. The Balaban J connectivity index is 2.10. The molecule has 1 aliphatic rings. The average molecular weight is 239 g/mol. The zero-order valence-corrected chi connectivity index (χ0v) is 10.8. The van der Waals surface area contributed by atoms with Gasteiger partial charge in [-0.25, -0.2) is 0 Å². The van der Waals surface area contributed by atoms with E-state index < -0.39 is 0 Å². The van der Waals surface area contributed by atoms with Crippen molar-refractivity contribution in [2.24, 2.45) is 7.05 Å². The molecule has 1 aliphatic heterocycles.